The molecule has 112 valence electrons. The van der Waals surface area contributed by atoms with Crippen molar-refractivity contribution in [3.63, 3.8) is 0 Å². The number of anilines is 2. The summed E-state index contributed by atoms with van der Waals surface area (Å²) >= 11 is 2.56. The summed E-state index contributed by atoms with van der Waals surface area (Å²) in [6, 6.07) is 6.08. The zero-order valence-corrected chi connectivity index (χ0v) is 13.1. The normalized spacial score (nSPS) is 10.7. The summed E-state index contributed by atoms with van der Waals surface area (Å²) in [7, 11) is 0. The van der Waals surface area contributed by atoms with Gasteiger partial charge in [-0.15, -0.1) is 10.2 Å². The third-order valence-electron chi connectivity index (χ3n) is 2.16. The maximum absolute atomic E-state index is 13.1. The van der Waals surface area contributed by atoms with Crippen LogP contribution in [-0.2, 0) is 9.53 Å². The largest absolute Gasteiger partial charge is 0.462 e. The van der Waals surface area contributed by atoms with Crippen LogP contribution in [0.15, 0.2) is 28.6 Å². The summed E-state index contributed by atoms with van der Waals surface area (Å²) in [6.45, 7) is 3.60. The van der Waals surface area contributed by atoms with Crippen molar-refractivity contribution >= 4 is 39.9 Å². The van der Waals surface area contributed by atoms with Crippen molar-refractivity contribution in [2.45, 2.75) is 24.3 Å². The van der Waals surface area contributed by atoms with Crippen LogP contribution in [0.4, 0.5) is 15.2 Å². The van der Waals surface area contributed by atoms with E-state index in [1.165, 1.54) is 35.2 Å². The molecule has 0 saturated heterocycles. The van der Waals surface area contributed by atoms with Crippen LogP contribution in [0.25, 0.3) is 0 Å². The number of thioether (sulfide) groups is 1. The number of esters is 1. The Kier molecular flexibility index (Phi) is 5.51. The van der Waals surface area contributed by atoms with Crippen LogP contribution in [0.5, 0.6) is 0 Å². The molecule has 1 heterocycles. The molecule has 0 bridgehead atoms. The zero-order chi connectivity index (χ0) is 15.2. The second-order valence-corrected chi connectivity index (χ2v) is 6.54. The lowest BCUT2D eigenvalue weighted by Gasteiger charge is -2.05. The van der Waals surface area contributed by atoms with Crippen molar-refractivity contribution in [2.75, 3.05) is 11.1 Å². The first-order valence-corrected chi connectivity index (χ1v) is 8.01. The highest BCUT2D eigenvalue weighted by Gasteiger charge is 2.10. The SMILES string of the molecule is CC(C)OC(=O)CSc1nnc(Nc2cccc(F)c2)s1. The molecular weight excluding hydrogens is 313 g/mol. The van der Waals surface area contributed by atoms with E-state index in [9.17, 15) is 9.18 Å². The summed E-state index contributed by atoms with van der Waals surface area (Å²) in [5.74, 6) is -0.423. The average Bonchev–Trinajstić information content (AvgIpc) is 2.83. The number of hydrogen-bond acceptors (Lipinski definition) is 7. The van der Waals surface area contributed by atoms with Crippen molar-refractivity contribution in [1.29, 1.82) is 0 Å². The number of carbonyl (C=O) groups is 1. The zero-order valence-electron chi connectivity index (χ0n) is 11.5. The Morgan fingerprint density at radius 3 is 3.00 bits per heavy atom. The summed E-state index contributed by atoms with van der Waals surface area (Å²) in [6.07, 6.45) is -0.127. The molecule has 1 N–H and O–H groups in total. The van der Waals surface area contributed by atoms with Gasteiger partial charge in [0, 0.05) is 5.69 Å². The standard InChI is InChI=1S/C13H14FN3O2S2/c1-8(2)19-11(18)7-20-13-17-16-12(21-13)15-10-5-3-4-9(14)6-10/h3-6,8H,7H2,1-2H3,(H,15,16). The number of nitrogens with one attached hydrogen (secondary N) is 1. The van der Waals surface area contributed by atoms with Crippen LogP contribution >= 0.6 is 23.1 Å². The smallest absolute Gasteiger partial charge is 0.316 e. The number of ether oxygens (including phenoxy) is 1. The minimum atomic E-state index is -0.324. The first-order chi connectivity index (χ1) is 10.0. The van der Waals surface area contributed by atoms with Crippen molar-refractivity contribution < 1.29 is 13.9 Å². The van der Waals surface area contributed by atoms with Crippen LogP contribution < -0.4 is 5.32 Å². The van der Waals surface area contributed by atoms with Gasteiger partial charge in [0.2, 0.25) is 5.13 Å². The predicted molar refractivity (Wildman–Crippen MR) is 81.5 cm³/mol. The van der Waals surface area contributed by atoms with E-state index in [1.54, 1.807) is 26.0 Å². The van der Waals surface area contributed by atoms with Crippen LogP contribution in [0.1, 0.15) is 13.8 Å². The van der Waals surface area contributed by atoms with Gasteiger partial charge in [-0.25, -0.2) is 4.39 Å². The highest BCUT2D eigenvalue weighted by molar-refractivity contribution is 8.01. The number of rotatable bonds is 6. The molecule has 0 aliphatic heterocycles. The summed E-state index contributed by atoms with van der Waals surface area (Å²) in [4.78, 5) is 11.4. The molecule has 0 fully saturated rings. The maximum Gasteiger partial charge on any atom is 0.316 e. The highest BCUT2D eigenvalue weighted by Crippen LogP contribution is 2.27. The lowest BCUT2D eigenvalue weighted by Crippen LogP contribution is -2.13. The summed E-state index contributed by atoms with van der Waals surface area (Å²) < 4.78 is 18.7. The van der Waals surface area contributed by atoms with Crippen LogP contribution in [-0.4, -0.2) is 28.0 Å². The molecule has 5 nitrogen and oxygen atoms in total. The Labute approximate surface area is 129 Å². The molecule has 0 saturated carbocycles. The van der Waals surface area contributed by atoms with E-state index in [4.69, 9.17) is 4.74 Å². The van der Waals surface area contributed by atoms with Gasteiger partial charge >= 0.3 is 5.97 Å². The van der Waals surface area contributed by atoms with Crippen molar-refractivity contribution in [1.82, 2.24) is 10.2 Å². The number of nitrogens with zero attached hydrogens (tertiary/aromatic N) is 2. The summed E-state index contributed by atoms with van der Waals surface area (Å²) in [5, 5.41) is 11.4. The van der Waals surface area contributed by atoms with Gasteiger partial charge in [-0.1, -0.05) is 29.2 Å². The van der Waals surface area contributed by atoms with Crippen molar-refractivity contribution in [3.05, 3.63) is 30.1 Å². The van der Waals surface area contributed by atoms with E-state index in [1.807, 2.05) is 0 Å². The fraction of sp³-hybridized carbons (Fsp3) is 0.308. The second-order valence-electron chi connectivity index (χ2n) is 4.34. The topological polar surface area (TPSA) is 64.1 Å². The van der Waals surface area contributed by atoms with Gasteiger partial charge in [0.05, 0.1) is 11.9 Å². The minimum absolute atomic E-state index is 0.127. The third-order valence-corrected chi connectivity index (χ3v) is 4.11. The Hall–Kier alpha value is -1.67. The van der Waals surface area contributed by atoms with Gasteiger partial charge in [-0.2, -0.15) is 0 Å². The maximum atomic E-state index is 13.1. The first-order valence-electron chi connectivity index (χ1n) is 6.21. The third kappa shape index (κ3) is 5.31. The minimum Gasteiger partial charge on any atom is -0.462 e. The Morgan fingerprint density at radius 1 is 1.48 bits per heavy atom. The summed E-state index contributed by atoms with van der Waals surface area (Å²) in [5.41, 5.74) is 0.599. The molecule has 0 unspecified atom stereocenters. The predicted octanol–water partition coefficient (Wildman–Crippen LogP) is 3.46. The monoisotopic (exact) mass is 327 g/mol. The molecule has 0 aliphatic carbocycles. The number of carbonyl (C=O) groups excluding carboxylic acids is 1. The lowest BCUT2D eigenvalue weighted by atomic mass is 10.3. The molecule has 21 heavy (non-hydrogen) atoms. The quantitative estimate of drug-likeness (QED) is 0.647. The Morgan fingerprint density at radius 2 is 2.29 bits per heavy atom. The number of benzene rings is 1. The molecule has 0 aliphatic rings. The van der Waals surface area contributed by atoms with Gasteiger partial charge < -0.3 is 10.1 Å². The van der Waals surface area contributed by atoms with Gasteiger partial charge in [-0.3, -0.25) is 4.79 Å². The fourth-order valence-electron chi connectivity index (χ4n) is 1.43. The number of aromatic nitrogens is 2. The van der Waals surface area contributed by atoms with Gasteiger partial charge in [-0.05, 0) is 32.0 Å². The van der Waals surface area contributed by atoms with Crippen molar-refractivity contribution in [2.24, 2.45) is 0 Å². The van der Waals surface area contributed by atoms with E-state index in [2.05, 4.69) is 15.5 Å². The Balaban J connectivity index is 1.88. The van der Waals surface area contributed by atoms with E-state index in [-0.39, 0.29) is 23.6 Å². The molecule has 0 atom stereocenters. The average molecular weight is 327 g/mol. The molecule has 8 heteroatoms. The molecule has 2 rings (SSSR count). The highest BCUT2D eigenvalue weighted by atomic mass is 32.2. The van der Waals surface area contributed by atoms with Crippen LogP contribution in [0.2, 0.25) is 0 Å². The Bertz CT molecular complexity index is 619. The van der Waals surface area contributed by atoms with E-state index >= 15 is 0 Å². The van der Waals surface area contributed by atoms with E-state index in [0.29, 0.717) is 15.2 Å². The molecule has 0 spiro atoms. The molecule has 0 radical (unpaired) electrons. The van der Waals surface area contributed by atoms with Crippen molar-refractivity contribution in [3.8, 4) is 0 Å². The molecule has 1 aromatic heterocycles. The van der Waals surface area contributed by atoms with Gasteiger partial charge in [0.25, 0.3) is 0 Å². The van der Waals surface area contributed by atoms with Gasteiger partial charge in [0.1, 0.15) is 5.82 Å². The fourth-order valence-corrected chi connectivity index (χ4v) is 2.98. The first kappa shape index (κ1) is 15.7. The van der Waals surface area contributed by atoms with Crippen LogP contribution in [0, 0.1) is 5.82 Å². The molecular formula is C13H14FN3O2S2. The lowest BCUT2D eigenvalue weighted by molar-refractivity contribution is -0.144. The second kappa shape index (κ2) is 7.37. The van der Waals surface area contributed by atoms with E-state index in [0.717, 1.165) is 0 Å². The van der Waals surface area contributed by atoms with Crippen LogP contribution in [0.3, 0.4) is 0 Å². The molecule has 0 amide bonds. The van der Waals surface area contributed by atoms with E-state index < -0.39 is 0 Å². The molecule has 1 aromatic carbocycles. The number of halogens is 1. The van der Waals surface area contributed by atoms with Gasteiger partial charge in [0.15, 0.2) is 4.34 Å². The number of hydrogen-bond donors (Lipinski definition) is 1. The molecule has 2 aromatic rings.